The number of nitrogens with zero attached hydrogens (tertiary/aromatic N) is 3. The highest BCUT2D eigenvalue weighted by Crippen LogP contribution is 2.23. The molecule has 1 aromatic heterocycles. The van der Waals surface area contributed by atoms with E-state index in [9.17, 15) is 13.2 Å². The van der Waals surface area contributed by atoms with Crippen LogP contribution >= 0.6 is 0 Å². The second-order valence-corrected chi connectivity index (χ2v) is 4.42. The van der Waals surface area contributed by atoms with E-state index >= 15 is 0 Å². The van der Waals surface area contributed by atoms with Crippen molar-refractivity contribution in [3.63, 3.8) is 0 Å². The van der Waals surface area contributed by atoms with Gasteiger partial charge in [0.15, 0.2) is 0 Å². The molecule has 6 heteroatoms. The first-order chi connectivity index (χ1) is 7.42. The lowest BCUT2D eigenvalue weighted by Gasteiger charge is -2.39. The summed E-state index contributed by atoms with van der Waals surface area (Å²) in [6, 6.07) is 0. The van der Waals surface area contributed by atoms with Gasteiger partial charge in [-0.05, 0) is 12.5 Å². The van der Waals surface area contributed by atoms with Crippen LogP contribution in [0.1, 0.15) is 5.56 Å². The maximum atomic E-state index is 12.0. The van der Waals surface area contributed by atoms with Gasteiger partial charge in [0.1, 0.15) is 0 Å². The molecule has 0 aromatic carbocycles. The second-order valence-electron chi connectivity index (χ2n) is 4.42. The quantitative estimate of drug-likeness (QED) is 0.792. The summed E-state index contributed by atoms with van der Waals surface area (Å²) in [5.41, 5.74) is 1.08. The van der Waals surface area contributed by atoms with Crippen LogP contribution in [0.3, 0.4) is 0 Å². The van der Waals surface area contributed by atoms with Gasteiger partial charge in [0.05, 0.1) is 12.7 Å². The summed E-state index contributed by atoms with van der Waals surface area (Å²) in [6.45, 7) is 2.89. The third-order valence-electron chi connectivity index (χ3n) is 2.64. The third-order valence-corrected chi connectivity index (χ3v) is 2.64. The van der Waals surface area contributed by atoms with Crippen molar-refractivity contribution >= 4 is 0 Å². The molecule has 1 saturated heterocycles. The lowest BCUT2D eigenvalue weighted by Crippen LogP contribution is -2.51. The van der Waals surface area contributed by atoms with Gasteiger partial charge in [0.25, 0.3) is 0 Å². The van der Waals surface area contributed by atoms with Gasteiger partial charge in [-0.1, -0.05) is 0 Å². The molecule has 1 aliphatic rings. The number of rotatable bonds is 3. The highest BCUT2D eigenvalue weighted by molar-refractivity contribution is 4.99. The first kappa shape index (κ1) is 11.4. The van der Waals surface area contributed by atoms with E-state index < -0.39 is 12.7 Å². The lowest BCUT2D eigenvalue weighted by atomic mass is 10.0. The summed E-state index contributed by atoms with van der Waals surface area (Å²) in [4.78, 5) is 1.42. The molecule has 3 nitrogen and oxygen atoms in total. The Morgan fingerprint density at radius 1 is 1.44 bits per heavy atom. The summed E-state index contributed by atoms with van der Waals surface area (Å²) in [5.74, 6) is 0.293. The molecule has 0 radical (unpaired) electrons. The number of halogens is 3. The fourth-order valence-corrected chi connectivity index (χ4v) is 2.01. The Balaban J connectivity index is 1.73. The normalized spacial score (nSPS) is 18.8. The molecule has 0 amide bonds. The number of alkyl halides is 3. The monoisotopic (exact) mass is 233 g/mol. The van der Waals surface area contributed by atoms with Crippen molar-refractivity contribution in [2.75, 3.05) is 19.6 Å². The molecule has 0 spiro atoms. The molecule has 0 bridgehead atoms. The molecular formula is C10H14F3N3. The Morgan fingerprint density at radius 3 is 2.62 bits per heavy atom. The maximum absolute atomic E-state index is 12.0. The zero-order valence-corrected chi connectivity index (χ0v) is 9.04. The van der Waals surface area contributed by atoms with Gasteiger partial charge in [0.2, 0.25) is 0 Å². The Labute approximate surface area is 91.8 Å². The van der Waals surface area contributed by atoms with Crippen LogP contribution in [0.15, 0.2) is 12.4 Å². The first-order valence-electron chi connectivity index (χ1n) is 5.20. The van der Waals surface area contributed by atoms with Gasteiger partial charge >= 0.3 is 6.18 Å². The Hall–Kier alpha value is -1.04. The zero-order valence-electron chi connectivity index (χ0n) is 9.04. The molecule has 16 heavy (non-hydrogen) atoms. The van der Waals surface area contributed by atoms with Crippen LogP contribution in [-0.2, 0) is 6.54 Å². The minimum atomic E-state index is -4.08. The lowest BCUT2D eigenvalue weighted by molar-refractivity contribution is -0.159. The van der Waals surface area contributed by atoms with Gasteiger partial charge < -0.3 is 0 Å². The summed E-state index contributed by atoms with van der Waals surface area (Å²) < 4.78 is 37.9. The Kier molecular flexibility index (Phi) is 2.92. The van der Waals surface area contributed by atoms with Gasteiger partial charge in [-0.25, -0.2) is 0 Å². The standard InChI is InChI=1S/C10H14F3N3/c1-8-2-14-16(3-8)6-9-4-15(5-9)7-10(11,12)13/h2-3,9H,4-7H2,1H3. The van der Waals surface area contributed by atoms with Crippen molar-refractivity contribution in [2.24, 2.45) is 5.92 Å². The summed E-state index contributed by atoms with van der Waals surface area (Å²) >= 11 is 0. The largest absolute Gasteiger partial charge is 0.401 e. The SMILES string of the molecule is Cc1cnn(CC2CN(CC(F)(F)F)C2)c1. The van der Waals surface area contributed by atoms with Gasteiger partial charge in [-0.2, -0.15) is 18.3 Å². The third kappa shape index (κ3) is 2.98. The van der Waals surface area contributed by atoms with Crippen molar-refractivity contribution in [1.29, 1.82) is 0 Å². The predicted molar refractivity (Wildman–Crippen MR) is 52.9 cm³/mol. The van der Waals surface area contributed by atoms with E-state index in [4.69, 9.17) is 0 Å². The van der Waals surface area contributed by atoms with Crippen LogP contribution in [0.4, 0.5) is 13.2 Å². The van der Waals surface area contributed by atoms with Crippen LogP contribution < -0.4 is 0 Å². The highest BCUT2D eigenvalue weighted by Gasteiger charge is 2.36. The van der Waals surface area contributed by atoms with Crippen molar-refractivity contribution in [1.82, 2.24) is 14.7 Å². The number of aryl methyl sites for hydroxylation is 1. The van der Waals surface area contributed by atoms with E-state index in [0.717, 1.165) is 5.56 Å². The minimum Gasteiger partial charge on any atom is -0.294 e. The fourth-order valence-electron chi connectivity index (χ4n) is 2.01. The van der Waals surface area contributed by atoms with Crippen molar-refractivity contribution < 1.29 is 13.2 Å². The predicted octanol–water partition coefficient (Wildman–Crippen LogP) is 1.69. The van der Waals surface area contributed by atoms with Crippen LogP contribution in [0, 0.1) is 12.8 Å². The summed E-state index contributed by atoms with van der Waals surface area (Å²) in [6.07, 6.45) is -0.411. The van der Waals surface area contributed by atoms with Crippen LogP contribution in [0.2, 0.25) is 0 Å². The molecule has 0 aliphatic carbocycles. The summed E-state index contributed by atoms with van der Waals surface area (Å²) in [7, 11) is 0. The van der Waals surface area contributed by atoms with Gasteiger partial charge in [0, 0.05) is 31.7 Å². The topological polar surface area (TPSA) is 21.1 Å². The number of aromatic nitrogens is 2. The van der Waals surface area contributed by atoms with E-state index in [-0.39, 0.29) is 0 Å². The Morgan fingerprint density at radius 2 is 2.12 bits per heavy atom. The molecule has 1 aliphatic heterocycles. The number of hydrogen-bond donors (Lipinski definition) is 0. The van der Waals surface area contributed by atoms with E-state index in [2.05, 4.69) is 5.10 Å². The molecular weight excluding hydrogens is 219 g/mol. The molecule has 0 unspecified atom stereocenters. The van der Waals surface area contributed by atoms with E-state index in [0.29, 0.717) is 25.6 Å². The molecule has 2 heterocycles. The van der Waals surface area contributed by atoms with Gasteiger partial charge in [-0.3, -0.25) is 9.58 Å². The van der Waals surface area contributed by atoms with Crippen molar-refractivity contribution in [3.8, 4) is 0 Å². The summed E-state index contributed by atoms with van der Waals surface area (Å²) in [5, 5.41) is 4.11. The average Bonchev–Trinajstić information content (AvgIpc) is 2.45. The van der Waals surface area contributed by atoms with Crippen molar-refractivity contribution in [2.45, 2.75) is 19.6 Å². The molecule has 0 saturated carbocycles. The fraction of sp³-hybridized carbons (Fsp3) is 0.700. The van der Waals surface area contributed by atoms with E-state index in [1.54, 1.807) is 10.9 Å². The molecule has 1 fully saturated rings. The molecule has 2 rings (SSSR count). The molecule has 1 aromatic rings. The smallest absolute Gasteiger partial charge is 0.294 e. The van der Waals surface area contributed by atoms with E-state index in [1.165, 1.54) is 4.90 Å². The van der Waals surface area contributed by atoms with Crippen molar-refractivity contribution in [3.05, 3.63) is 18.0 Å². The molecule has 0 N–H and O–H groups in total. The Bertz CT molecular complexity index is 352. The van der Waals surface area contributed by atoms with Crippen LogP contribution in [0.5, 0.6) is 0 Å². The zero-order chi connectivity index (χ0) is 11.8. The van der Waals surface area contributed by atoms with Crippen LogP contribution in [0.25, 0.3) is 0 Å². The van der Waals surface area contributed by atoms with Gasteiger partial charge in [-0.15, -0.1) is 0 Å². The molecule has 90 valence electrons. The second kappa shape index (κ2) is 4.08. The highest BCUT2D eigenvalue weighted by atomic mass is 19.4. The number of hydrogen-bond acceptors (Lipinski definition) is 2. The minimum absolute atomic E-state index is 0.293. The molecule has 0 atom stereocenters. The van der Waals surface area contributed by atoms with E-state index in [1.807, 2.05) is 13.1 Å². The maximum Gasteiger partial charge on any atom is 0.401 e. The average molecular weight is 233 g/mol. The number of likely N-dealkylation sites (tertiary alicyclic amines) is 1. The first-order valence-corrected chi connectivity index (χ1v) is 5.20. The van der Waals surface area contributed by atoms with Crippen LogP contribution in [-0.4, -0.2) is 40.5 Å².